The molecule has 0 amide bonds. The predicted molar refractivity (Wildman–Crippen MR) is 92.1 cm³/mol. The number of nitrogens with one attached hydrogen (secondary N) is 1. The lowest BCUT2D eigenvalue weighted by molar-refractivity contribution is 0.340. The van der Waals surface area contributed by atoms with Crippen molar-refractivity contribution >= 4 is 15.9 Å². The molecule has 0 aliphatic rings. The van der Waals surface area contributed by atoms with Crippen LogP contribution in [0.15, 0.2) is 40.9 Å². The minimum atomic E-state index is 0.163. The molecule has 0 saturated carbocycles. The number of aryl methyl sites for hydroxylation is 2. The maximum atomic E-state index is 5.56. The summed E-state index contributed by atoms with van der Waals surface area (Å²) < 4.78 is 6.62. The van der Waals surface area contributed by atoms with Gasteiger partial charge in [0.1, 0.15) is 5.75 Å². The lowest BCUT2D eigenvalue weighted by Gasteiger charge is -2.23. The average molecular weight is 348 g/mol. The van der Waals surface area contributed by atoms with E-state index in [0.717, 1.165) is 10.2 Å². The smallest absolute Gasteiger partial charge is 0.120 e. The van der Waals surface area contributed by atoms with Crippen LogP contribution in [0.25, 0.3) is 0 Å². The summed E-state index contributed by atoms with van der Waals surface area (Å²) in [6, 6.07) is 12.8. The van der Waals surface area contributed by atoms with Gasteiger partial charge in [0.15, 0.2) is 0 Å². The van der Waals surface area contributed by atoms with Crippen molar-refractivity contribution < 1.29 is 4.74 Å². The Hall–Kier alpha value is -1.32. The van der Waals surface area contributed by atoms with E-state index < -0.39 is 0 Å². The first-order chi connectivity index (χ1) is 10.1. The third kappa shape index (κ3) is 3.47. The first kappa shape index (κ1) is 16.1. The highest BCUT2D eigenvalue weighted by atomic mass is 79.9. The van der Waals surface area contributed by atoms with E-state index in [2.05, 4.69) is 59.4 Å². The molecule has 2 aromatic rings. The number of rotatable bonds is 5. The number of halogens is 1. The first-order valence-corrected chi connectivity index (χ1v) is 8.03. The fraction of sp³-hybridized carbons (Fsp3) is 0.333. The van der Waals surface area contributed by atoms with Gasteiger partial charge in [-0.2, -0.15) is 0 Å². The van der Waals surface area contributed by atoms with Gasteiger partial charge in [0.25, 0.3) is 0 Å². The molecule has 0 aliphatic carbocycles. The molecule has 0 heterocycles. The molecule has 3 heteroatoms. The Morgan fingerprint density at radius 1 is 1.14 bits per heavy atom. The van der Waals surface area contributed by atoms with Gasteiger partial charge >= 0.3 is 0 Å². The molecule has 0 fully saturated rings. The molecule has 2 aromatic carbocycles. The van der Waals surface area contributed by atoms with Crippen molar-refractivity contribution in [1.29, 1.82) is 0 Å². The third-order valence-corrected chi connectivity index (χ3v) is 4.40. The van der Waals surface area contributed by atoms with Gasteiger partial charge in [-0.1, -0.05) is 40.2 Å². The highest BCUT2D eigenvalue weighted by Gasteiger charge is 2.19. The number of hydrogen-bond acceptors (Lipinski definition) is 2. The number of ether oxygens (including phenoxy) is 1. The molecule has 0 radical (unpaired) electrons. The van der Waals surface area contributed by atoms with E-state index >= 15 is 0 Å². The van der Waals surface area contributed by atoms with Crippen molar-refractivity contribution in [3.8, 4) is 5.75 Å². The Kier molecular flexibility index (Phi) is 5.43. The largest absolute Gasteiger partial charge is 0.494 e. The van der Waals surface area contributed by atoms with Crippen LogP contribution in [0.1, 0.15) is 35.2 Å². The van der Waals surface area contributed by atoms with Crippen LogP contribution < -0.4 is 10.1 Å². The quantitative estimate of drug-likeness (QED) is 0.840. The zero-order chi connectivity index (χ0) is 15.4. The Morgan fingerprint density at radius 2 is 1.81 bits per heavy atom. The van der Waals surface area contributed by atoms with E-state index in [0.29, 0.717) is 6.61 Å². The van der Waals surface area contributed by atoms with Gasteiger partial charge in [-0.05, 0) is 62.2 Å². The Morgan fingerprint density at radius 3 is 2.33 bits per heavy atom. The molecule has 2 rings (SSSR count). The third-order valence-electron chi connectivity index (χ3n) is 3.71. The molecule has 1 atom stereocenters. The maximum Gasteiger partial charge on any atom is 0.120 e. The summed E-state index contributed by atoms with van der Waals surface area (Å²) in [5.74, 6) is 0.893. The molecular formula is C18H22BrNO. The number of benzene rings is 2. The van der Waals surface area contributed by atoms with E-state index in [1.807, 2.05) is 26.1 Å². The fourth-order valence-corrected chi connectivity index (χ4v) is 3.32. The van der Waals surface area contributed by atoms with E-state index in [9.17, 15) is 0 Å². The summed E-state index contributed by atoms with van der Waals surface area (Å²) in [6.07, 6.45) is 0. The second-order valence-corrected chi connectivity index (χ2v) is 6.00. The summed E-state index contributed by atoms with van der Waals surface area (Å²) in [6.45, 7) is 7.00. The zero-order valence-electron chi connectivity index (χ0n) is 13.0. The Labute approximate surface area is 135 Å². The molecule has 0 bridgehead atoms. The van der Waals surface area contributed by atoms with Crippen molar-refractivity contribution in [1.82, 2.24) is 5.32 Å². The van der Waals surface area contributed by atoms with Gasteiger partial charge in [-0.25, -0.2) is 0 Å². The van der Waals surface area contributed by atoms with Crippen molar-refractivity contribution in [2.45, 2.75) is 26.8 Å². The summed E-state index contributed by atoms with van der Waals surface area (Å²) in [4.78, 5) is 0. The van der Waals surface area contributed by atoms with E-state index in [1.165, 1.54) is 22.3 Å². The maximum absolute atomic E-state index is 5.56. The van der Waals surface area contributed by atoms with E-state index in [1.54, 1.807) is 0 Å². The van der Waals surface area contributed by atoms with Crippen LogP contribution in [0.3, 0.4) is 0 Å². The molecule has 0 saturated heterocycles. The molecule has 0 aromatic heterocycles. The van der Waals surface area contributed by atoms with Crippen LogP contribution in [0.4, 0.5) is 0 Å². The normalized spacial score (nSPS) is 12.2. The van der Waals surface area contributed by atoms with Crippen molar-refractivity contribution in [3.63, 3.8) is 0 Å². The SMILES string of the molecule is CCOc1ccc(C(NC)c2c(C)cccc2C)c(Br)c1. The highest BCUT2D eigenvalue weighted by molar-refractivity contribution is 9.10. The van der Waals surface area contributed by atoms with Gasteiger partial charge in [0, 0.05) is 4.47 Å². The van der Waals surface area contributed by atoms with Crippen LogP contribution in [0, 0.1) is 13.8 Å². The summed E-state index contributed by atoms with van der Waals surface area (Å²) in [7, 11) is 2.00. The Balaban J connectivity index is 2.47. The minimum absolute atomic E-state index is 0.163. The second kappa shape index (κ2) is 7.10. The van der Waals surface area contributed by atoms with Crippen molar-refractivity contribution in [2.75, 3.05) is 13.7 Å². The molecule has 21 heavy (non-hydrogen) atoms. The van der Waals surface area contributed by atoms with Crippen LogP contribution in [-0.4, -0.2) is 13.7 Å². The first-order valence-electron chi connectivity index (χ1n) is 7.24. The van der Waals surface area contributed by atoms with Gasteiger partial charge in [0.05, 0.1) is 12.6 Å². The molecular weight excluding hydrogens is 326 g/mol. The Bertz CT molecular complexity index is 604. The summed E-state index contributed by atoms with van der Waals surface area (Å²) >= 11 is 3.68. The van der Waals surface area contributed by atoms with Crippen LogP contribution in [0.2, 0.25) is 0 Å². The molecule has 1 N–H and O–H groups in total. The topological polar surface area (TPSA) is 21.3 Å². The molecule has 1 unspecified atom stereocenters. The van der Waals surface area contributed by atoms with Crippen molar-refractivity contribution in [3.05, 3.63) is 63.1 Å². The lowest BCUT2D eigenvalue weighted by Crippen LogP contribution is -2.20. The van der Waals surface area contributed by atoms with Crippen LogP contribution in [-0.2, 0) is 0 Å². The highest BCUT2D eigenvalue weighted by Crippen LogP contribution is 2.34. The van der Waals surface area contributed by atoms with Gasteiger partial charge in [-0.15, -0.1) is 0 Å². The molecule has 0 aliphatic heterocycles. The van der Waals surface area contributed by atoms with Gasteiger partial charge in [-0.3, -0.25) is 0 Å². The zero-order valence-corrected chi connectivity index (χ0v) is 14.6. The summed E-state index contributed by atoms with van der Waals surface area (Å²) in [5, 5.41) is 3.44. The fourth-order valence-electron chi connectivity index (χ4n) is 2.74. The lowest BCUT2D eigenvalue weighted by atomic mass is 9.91. The summed E-state index contributed by atoms with van der Waals surface area (Å²) in [5.41, 5.74) is 5.16. The molecule has 2 nitrogen and oxygen atoms in total. The second-order valence-electron chi connectivity index (χ2n) is 5.14. The van der Waals surface area contributed by atoms with E-state index in [-0.39, 0.29) is 6.04 Å². The monoisotopic (exact) mass is 347 g/mol. The van der Waals surface area contributed by atoms with E-state index in [4.69, 9.17) is 4.74 Å². The van der Waals surface area contributed by atoms with Crippen LogP contribution >= 0.6 is 15.9 Å². The van der Waals surface area contributed by atoms with Gasteiger partial charge < -0.3 is 10.1 Å². The molecule has 112 valence electrons. The van der Waals surface area contributed by atoms with Crippen molar-refractivity contribution in [2.24, 2.45) is 0 Å². The number of hydrogen-bond donors (Lipinski definition) is 1. The predicted octanol–water partition coefficient (Wildman–Crippen LogP) is 4.77. The van der Waals surface area contributed by atoms with Gasteiger partial charge in [0.2, 0.25) is 0 Å². The standard InChI is InChI=1S/C18H22BrNO/c1-5-21-14-9-10-15(16(19)11-14)18(20-4)17-12(2)7-6-8-13(17)3/h6-11,18,20H,5H2,1-4H3. The van der Waals surface area contributed by atoms with Crippen LogP contribution in [0.5, 0.6) is 5.75 Å². The minimum Gasteiger partial charge on any atom is -0.494 e. The average Bonchev–Trinajstić information content (AvgIpc) is 2.44. The molecule has 0 spiro atoms.